The number of nitrogens with zero attached hydrogens (tertiary/aromatic N) is 3. The fourth-order valence-electron chi connectivity index (χ4n) is 4.83. The highest BCUT2D eigenvalue weighted by Crippen LogP contribution is 2.35. The molecule has 2 unspecified atom stereocenters. The zero-order valence-electron chi connectivity index (χ0n) is 18.3. The molecule has 156 valence electrons. The molecule has 1 heterocycles. The molecule has 3 heteroatoms. The predicted octanol–water partition coefficient (Wildman–Crippen LogP) is 6.90. The third-order valence-electron chi connectivity index (χ3n) is 6.67. The molecule has 0 spiro atoms. The number of benzene rings is 3. The molecular formula is C28H29N3. The largest absolute Gasteiger partial charge is 0.326 e. The maximum absolute atomic E-state index is 5.10. The minimum atomic E-state index is 0.413. The quantitative estimate of drug-likeness (QED) is 0.338. The summed E-state index contributed by atoms with van der Waals surface area (Å²) >= 11 is 0. The van der Waals surface area contributed by atoms with Crippen LogP contribution in [0.25, 0.3) is 33.3 Å². The maximum atomic E-state index is 5.10. The minimum Gasteiger partial charge on any atom is -0.326 e. The number of hydrogen-bond acceptors (Lipinski definition) is 2. The molecule has 0 saturated heterocycles. The van der Waals surface area contributed by atoms with Crippen molar-refractivity contribution in [1.29, 1.82) is 0 Å². The zero-order chi connectivity index (χ0) is 21.2. The molecule has 0 N–H and O–H groups in total. The first-order valence-corrected chi connectivity index (χ1v) is 11.4. The Balaban J connectivity index is 1.67. The Morgan fingerprint density at radius 2 is 1.45 bits per heavy atom. The number of fused-ring (bicyclic) bond motifs is 1. The highest BCUT2D eigenvalue weighted by Gasteiger charge is 2.21. The Kier molecular flexibility index (Phi) is 5.42. The fraction of sp³-hybridized carbons (Fsp3) is 0.286. The third kappa shape index (κ3) is 3.81. The Labute approximate surface area is 184 Å². The van der Waals surface area contributed by atoms with Crippen molar-refractivity contribution in [2.45, 2.75) is 38.6 Å². The van der Waals surface area contributed by atoms with E-state index < -0.39 is 0 Å². The lowest BCUT2D eigenvalue weighted by atomic mass is 9.86. The molecule has 5 rings (SSSR count). The number of imidazole rings is 1. The molecule has 1 saturated carbocycles. The molecule has 0 amide bonds. The van der Waals surface area contributed by atoms with Crippen LogP contribution in [-0.4, -0.2) is 21.8 Å². The van der Waals surface area contributed by atoms with Crippen LogP contribution in [0.4, 0.5) is 0 Å². The van der Waals surface area contributed by atoms with Gasteiger partial charge in [0.2, 0.25) is 0 Å². The van der Waals surface area contributed by atoms with E-state index in [1.54, 1.807) is 0 Å². The van der Waals surface area contributed by atoms with Gasteiger partial charge in [-0.1, -0.05) is 92.6 Å². The molecular weight excluding hydrogens is 378 g/mol. The lowest BCUT2D eigenvalue weighted by molar-refractivity contribution is 0.333. The first kappa shape index (κ1) is 19.7. The molecule has 0 aliphatic heterocycles. The van der Waals surface area contributed by atoms with Gasteiger partial charge in [-0.25, -0.2) is 4.98 Å². The number of rotatable bonds is 4. The van der Waals surface area contributed by atoms with Gasteiger partial charge in [0.1, 0.15) is 0 Å². The summed E-state index contributed by atoms with van der Waals surface area (Å²) in [5.41, 5.74) is 6.96. The number of aryl methyl sites for hydroxylation is 1. The molecule has 1 aliphatic rings. The van der Waals surface area contributed by atoms with Crippen LogP contribution >= 0.6 is 0 Å². The van der Waals surface area contributed by atoms with E-state index in [0.717, 1.165) is 22.4 Å². The van der Waals surface area contributed by atoms with Crippen LogP contribution in [0, 0.1) is 5.92 Å². The second-order valence-electron chi connectivity index (χ2n) is 8.73. The minimum absolute atomic E-state index is 0.413. The topological polar surface area (TPSA) is 30.2 Å². The van der Waals surface area contributed by atoms with Crippen molar-refractivity contribution >= 4 is 17.2 Å². The van der Waals surface area contributed by atoms with Crippen molar-refractivity contribution in [3.63, 3.8) is 0 Å². The van der Waals surface area contributed by atoms with E-state index in [1.807, 2.05) is 6.21 Å². The van der Waals surface area contributed by atoms with E-state index in [-0.39, 0.29) is 0 Å². The van der Waals surface area contributed by atoms with E-state index in [4.69, 9.17) is 9.98 Å². The number of hydrogen-bond donors (Lipinski definition) is 0. The van der Waals surface area contributed by atoms with E-state index >= 15 is 0 Å². The van der Waals surface area contributed by atoms with Crippen LogP contribution in [-0.2, 0) is 7.05 Å². The SMILES string of the molecule is CC1CCCCC1/N=C/c1nc2c(-c3ccccc3)ccc(-c3ccccc3)c2n1C. The van der Waals surface area contributed by atoms with E-state index in [2.05, 4.69) is 91.3 Å². The van der Waals surface area contributed by atoms with Gasteiger partial charge >= 0.3 is 0 Å². The Morgan fingerprint density at radius 3 is 2.13 bits per heavy atom. The van der Waals surface area contributed by atoms with Crippen molar-refractivity contribution in [3.05, 3.63) is 78.6 Å². The number of aromatic nitrogens is 2. The second kappa shape index (κ2) is 8.50. The molecule has 0 radical (unpaired) electrons. The standard InChI is InChI=1S/C28H29N3/c1-20-11-9-10-16-25(20)29-19-26-30-27-23(21-12-5-3-6-13-21)17-18-24(28(27)31(26)2)22-14-7-4-8-15-22/h3-8,12-15,17-20,25H,9-11,16H2,1-2H3/b29-19+. The first-order chi connectivity index (χ1) is 15.2. The van der Waals surface area contributed by atoms with Gasteiger partial charge in [-0.15, -0.1) is 0 Å². The summed E-state index contributed by atoms with van der Waals surface area (Å²) in [5, 5.41) is 0. The predicted molar refractivity (Wildman–Crippen MR) is 131 cm³/mol. The monoisotopic (exact) mass is 407 g/mol. The normalized spacial score (nSPS) is 19.3. The zero-order valence-corrected chi connectivity index (χ0v) is 18.3. The molecule has 4 aromatic rings. The van der Waals surface area contributed by atoms with Crippen molar-refractivity contribution in [1.82, 2.24) is 9.55 Å². The van der Waals surface area contributed by atoms with Gasteiger partial charge in [0.25, 0.3) is 0 Å². The molecule has 0 bridgehead atoms. The molecule has 2 atom stereocenters. The van der Waals surface area contributed by atoms with Crippen molar-refractivity contribution in [2.24, 2.45) is 18.0 Å². The Morgan fingerprint density at radius 1 is 0.839 bits per heavy atom. The average Bonchev–Trinajstić information content (AvgIpc) is 3.15. The van der Waals surface area contributed by atoms with Crippen molar-refractivity contribution in [3.8, 4) is 22.3 Å². The van der Waals surface area contributed by atoms with Crippen LogP contribution in [0.15, 0.2) is 77.8 Å². The summed E-state index contributed by atoms with van der Waals surface area (Å²) in [6, 6.07) is 26.0. The van der Waals surface area contributed by atoms with Gasteiger partial charge in [-0.2, -0.15) is 0 Å². The fourth-order valence-corrected chi connectivity index (χ4v) is 4.83. The summed E-state index contributed by atoms with van der Waals surface area (Å²) < 4.78 is 2.21. The Bertz CT molecular complexity index is 1210. The van der Waals surface area contributed by atoms with Crippen LogP contribution in [0.1, 0.15) is 38.4 Å². The lowest BCUT2D eigenvalue weighted by Crippen LogP contribution is -2.20. The van der Waals surface area contributed by atoms with Gasteiger partial charge in [0, 0.05) is 18.2 Å². The van der Waals surface area contributed by atoms with E-state index in [9.17, 15) is 0 Å². The molecule has 1 fully saturated rings. The summed E-state index contributed by atoms with van der Waals surface area (Å²) in [4.78, 5) is 10.1. The summed E-state index contributed by atoms with van der Waals surface area (Å²) in [5.74, 6) is 1.58. The third-order valence-corrected chi connectivity index (χ3v) is 6.67. The summed E-state index contributed by atoms with van der Waals surface area (Å²) in [6.45, 7) is 2.33. The Hall–Kier alpha value is -3.20. The summed E-state index contributed by atoms with van der Waals surface area (Å²) in [7, 11) is 2.11. The van der Waals surface area contributed by atoms with Gasteiger partial charge in [-0.05, 0) is 29.9 Å². The van der Waals surface area contributed by atoms with E-state index in [0.29, 0.717) is 12.0 Å². The molecule has 1 aromatic heterocycles. The molecule has 1 aliphatic carbocycles. The smallest absolute Gasteiger partial charge is 0.151 e. The lowest BCUT2D eigenvalue weighted by Gasteiger charge is -2.25. The van der Waals surface area contributed by atoms with Crippen LogP contribution in [0.2, 0.25) is 0 Å². The average molecular weight is 408 g/mol. The second-order valence-corrected chi connectivity index (χ2v) is 8.73. The molecule has 31 heavy (non-hydrogen) atoms. The maximum Gasteiger partial charge on any atom is 0.151 e. The van der Waals surface area contributed by atoms with Crippen LogP contribution in [0.3, 0.4) is 0 Å². The molecule has 3 aromatic carbocycles. The molecule has 3 nitrogen and oxygen atoms in total. The van der Waals surface area contributed by atoms with Gasteiger partial charge in [0.15, 0.2) is 5.82 Å². The summed E-state index contributed by atoms with van der Waals surface area (Å²) in [6.07, 6.45) is 7.09. The van der Waals surface area contributed by atoms with Crippen molar-refractivity contribution < 1.29 is 0 Å². The van der Waals surface area contributed by atoms with Gasteiger partial charge in [-0.3, -0.25) is 4.99 Å². The van der Waals surface area contributed by atoms with Crippen molar-refractivity contribution in [2.75, 3.05) is 0 Å². The van der Waals surface area contributed by atoms with Gasteiger partial charge in [0.05, 0.1) is 23.3 Å². The highest BCUT2D eigenvalue weighted by molar-refractivity contribution is 6.03. The first-order valence-electron chi connectivity index (χ1n) is 11.4. The van der Waals surface area contributed by atoms with E-state index in [1.165, 1.54) is 42.4 Å². The van der Waals surface area contributed by atoms with Crippen LogP contribution < -0.4 is 0 Å². The highest BCUT2D eigenvalue weighted by atomic mass is 15.1. The number of aliphatic imine (C=N–C) groups is 1. The van der Waals surface area contributed by atoms with Gasteiger partial charge < -0.3 is 4.57 Å². The van der Waals surface area contributed by atoms with Crippen LogP contribution in [0.5, 0.6) is 0 Å².